The minimum Gasteiger partial charge on any atom is -0.399 e. The molecule has 1 fully saturated rings. The highest BCUT2D eigenvalue weighted by molar-refractivity contribution is 5.91. The molecule has 3 N–H and O–H groups in total. The molecule has 0 bridgehead atoms. The Hall–Kier alpha value is -2.29. The third kappa shape index (κ3) is 2.92. The van der Waals surface area contributed by atoms with Crippen molar-refractivity contribution in [3.63, 3.8) is 0 Å². The van der Waals surface area contributed by atoms with E-state index in [4.69, 9.17) is 5.73 Å². The number of nitrogen functional groups attached to an aromatic ring is 1. The van der Waals surface area contributed by atoms with Crippen molar-refractivity contribution in [2.24, 2.45) is 0 Å². The zero-order valence-electron chi connectivity index (χ0n) is 12.0. The molecule has 0 radical (unpaired) electrons. The van der Waals surface area contributed by atoms with Crippen molar-refractivity contribution >= 4 is 11.6 Å². The molecule has 1 saturated carbocycles. The number of anilines is 1. The highest BCUT2D eigenvalue weighted by Crippen LogP contribution is 2.48. The minimum atomic E-state index is -0.275. The van der Waals surface area contributed by atoms with Gasteiger partial charge in [-0.05, 0) is 42.5 Å². The van der Waals surface area contributed by atoms with E-state index < -0.39 is 0 Å². The molecule has 0 aromatic heterocycles. The molecular weight excluding hydrogens is 260 g/mol. The first-order valence-corrected chi connectivity index (χ1v) is 7.39. The fourth-order valence-electron chi connectivity index (χ4n) is 2.70. The predicted octanol–water partition coefficient (Wildman–Crippen LogP) is 2.66. The van der Waals surface area contributed by atoms with E-state index in [9.17, 15) is 4.79 Å². The summed E-state index contributed by atoms with van der Waals surface area (Å²) in [5.41, 5.74) is 8.48. The van der Waals surface area contributed by atoms with Crippen molar-refractivity contribution < 1.29 is 4.79 Å². The quantitative estimate of drug-likeness (QED) is 0.827. The van der Waals surface area contributed by atoms with Crippen molar-refractivity contribution in [3.05, 3.63) is 65.7 Å². The first-order valence-electron chi connectivity index (χ1n) is 7.39. The SMILES string of the molecule is Nc1ccc(CCNC(=O)C2(c3ccccc3)CC2)cc1. The van der Waals surface area contributed by atoms with Gasteiger partial charge >= 0.3 is 0 Å². The van der Waals surface area contributed by atoms with Crippen LogP contribution in [0.25, 0.3) is 0 Å². The third-order valence-electron chi connectivity index (χ3n) is 4.19. The number of carbonyl (C=O) groups excluding carboxylic acids is 1. The molecule has 3 rings (SSSR count). The van der Waals surface area contributed by atoms with Crippen LogP contribution in [0.1, 0.15) is 24.0 Å². The number of hydrogen-bond acceptors (Lipinski definition) is 2. The molecule has 1 amide bonds. The maximum Gasteiger partial charge on any atom is 0.230 e. The van der Waals surface area contributed by atoms with Crippen molar-refractivity contribution in [1.82, 2.24) is 5.32 Å². The fraction of sp³-hybridized carbons (Fsp3) is 0.278. The van der Waals surface area contributed by atoms with Gasteiger partial charge < -0.3 is 11.1 Å². The summed E-state index contributed by atoms with van der Waals surface area (Å²) in [5, 5.41) is 3.08. The van der Waals surface area contributed by atoms with Crippen LogP contribution in [0, 0.1) is 0 Å². The number of nitrogens with one attached hydrogen (secondary N) is 1. The number of carbonyl (C=O) groups is 1. The van der Waals surface area contributed by atoms with Crippen molar-refractivity contribution in [3.8, 4) is 0 Å². The van der Waals surface area contributed by atoms with Crippen molar-refractivity contribution in [2.75, 3.05) is 12.3 Å². The Morgan fingerprint density at radius 2 is 1.71 bits per heavy atom. The third-order valence-corrected chi connectivity index (χ3v) is 4.19. The second-order valence-corrected chi connectivity index (χ2v) is 5.70. The van der Waals surface area contributed by atoms with Gasteiger partial charge in [-0.2, -0.15) is 0 Å². The minimum absolute atomic E-state index is 0.157. The molecule has 3 nitrogen and oxygen atoms in total. The molecule has 1 aliphatic carbocycles. The smallest absolute Gasteiger partial charge is 0.230 e. The standard InChI is InChI=1S/C18H20N2O/c19-16-8-6-14(7-9-16)10-13-20-17(21)18(11-12-18)15-4-2-1-3-5-15/h1-9H,10-13,19H2,(H,20,21). The van der Waals surface area contributed by atoms with Crippen molar-refractivity contribution in [2.45, 2.75) is 24.7 Å². The van der Waals surface area contributed by atoms with Gasteiger partial charge in [-0.25, -0.2) is 0 Å². The molecule has 21 heavy (non-hydrogen) atoms. The second kappa shape index (κ2) is 5.60. The van der Waals surface area contributed by atoms with Crippen LogP contribution in [0.2, 0.25) is 0 Å². The van der Waals surface area contributed by atoms with Gasteiger partial charge in [-0.15, -0.1) is 0 Å². The van der Waals surface area contributed by atoms with Gasteiger partial charge in [0.15, 0.2) is 0 Å². The Kier molecular flexibility index (Phi) is 3.65. The Morgan fingerprint density at radius 3 is 2.33 bits per heavy atom. The van der Waals surface area contributed by atoms with Crippen LogP contribution >= 0.6 is 0 Å². The number of hydrogen-bond donors (Lipinski definition) is 2. The topological polar surface area (TPSA) is 55.1 Å². The van der Waals surface area contributed by atoms with E-state index in [2.05, 4.69) is 5.32 Å². The van der Waals surface area contributed by atoms with E-state index >= 15 is 0 Å². The average Bonchev–Trinajstić information content (AvgIpc) is 3.32. The van der Waals surface area contributed by atoms with Gasteiger partial charge in [0.1, 0.15) is 0 Å². The van der Waals surface area contributed by atoms with Gasteiger partial charge in [0.05, 0.1) is 5.41 Å². The highest BCUT2D eigenvalue weighted by Gasteiger charge is 2.50. The van der Waals surface area contributed by atoms with Gasteiger partial charge in [0.2, 0.25) is 5.91 Å². The lowest BCUT2D eigenvalue weighted by Gasteiger charge is -2.15. The van der Waals surface area contributed by atoms with E-state index in [1.165, 1.54) is 5.56 Å². The van der Waals surface area contributed by atoms with E-state index in [-0.39, 0.29) is 11.3 Å². The highest BCUT2D eigenvalue weighted by atomic mass is 16.2. The Balaban J connectivity index is 1.56. The van der Waals surface area contributed by atoms with Crippen LogP contribution in [-0.2, 0) is 16.6 Å². The molecule has 0 aliphatic heterocycles. The summed E-state index contributed by atoms with van der Waals surface area (Å²) in [4.78, 5) is 12.4. The lowest BCUT2D eigenvalue weighted by molar-refractivity contribution is -0.123. The van der Waals surface area contributed by atoms with Crippen LogP contribution in [-0.4, -0.2) is 12.5 Å². The first-order chi connectivity index (χ1) is 10.2. The van der Waals surface area contributed by atoms with E-state index in [1.54, 1.807) is 0 Å². The maximum absolute atomic E-state index is 12.4. The molecule has 1 aliphatic rings. The van der Waals surface area contributed by atoms with Crippen molar-refractivity contribution in [1.29, 1.82) is 0 Å². The van der Waals surface area contributed by atoms with Gasteiger partial charge in [0.25, 0.3) is 0 Å². The normalized spacial score (nSPS) is 15.4. The second-order valence-electron chi connectivity index (χ2n) is 5.70. The van der Waals surface area contributed by atoms with Gasteiger partial charge in [-0.1, -0.05) is 42.5 Å². The number of amides is 1. The molecule has 108 valence electrons. The number of nitrogens with two attached hydrogens (primary N) is 1. The predicted molar refractivity (Wildman–Crippen MR) is 84.9 cm³/mol. The zero-order chi connectivity index (χ0) is 14.7. The average molecular weight is 280 g/mol. The summed E-state index contributed by atoms with van der Waals surface area (Å²) in [7, 11) is 0. The molecule has 2 aromatic rings. The summed E-state index contributed by atoms with van der Waals surface area (Å²) in [6, 6.07) is 17.9. The molecule has 2 aromatic carbocycles. The van der Waals surface area contributed by atoms with Crippen LogP contribution in [0.3, 0.4) is 0 Å². The molecule has 0 unspecified atom stereocenters. The van der Waals surface area contributed by atoms with E-state index in [1.807, 2.05) is 54.6 Å². The Bertz CT molecular complexity index is 615. The Labute approximate surface area is 125 Å². The number of rotatable bonds is 5. The number of benzene rings is 2. The monoisotopic (exact) mass is 280 g/mol. The maximum atomic E-state index is 12.4. The molecular formula is C18H20N2O. The molecule has 0 heterocycles. The Morgan fingerprint density at radius 1 is 1.05 bits per heavy atom. The zero-order valence-corrected chi connectivity index (χ0v) is 12.0. The summed E-state index contributed by atoms with van der Waals surface area (Å²) in [6.45, 7) is 0.664. The van der Waals surface area contributed by atoms with E-state index in [0.29, 0.717) is 6.54 Å². The largest absolute Gasteiger partial charge is 0.399 e. The molecule has 3 heteroatoms. The van der Waals surface area contributed by atoms with E-state index in [0.717, 1.165) is 30.5 Å². The molecule has 0 spiro atoms. The summed E-state index contributed by atoms with van der Waals surface area (Å²) in [6.07, 6.45) is 2.73. The lowest BCUT2D eigenvalue weighted by Crippen LogP contribution is -2.35. The van der Waals surface area contributed by atoms with Crippen LogP contribution in [0.15, 0.2) is 54.6 Å². The molecule has 0 saturated heterocycles. The van der Waals surface area contributed by atoms with Crippen LogP contribution < -0.4 is 11.1 Å². The van der Waals surface area contributed by atoms with Gasteiger partial charge in [-0.3, -0.25) is 4.79 Å². The summed E-state index contributed by atoms with van der Waals surface area (Å²) in [5.74, 6) is 0.157. The van der Waals surface area contributed by atoms with Gasteiger partial charge in [0, 0.05) is 12.2 Å². The summed E-state index contributed by atoms with van der Waals surface area (Å²) >= 11 is 0. The van der Waals surface area contributed by atoms with Crippen LogP contribution in [0.4, 0.5) is 5.69 Å². The fourth-order valence-corrected chi connectivity index (χ4v) is 2.70. The lowest BCUT2D eigenvalue weighted by atomic mass is 9.95. The van der Waals surface area contributed by atoms with Crippen LogP contribution in [0.5, 0.6) is 0 Å². The summed E-state index contributed by atoms with van der Waals surface area (Å²) < 4.78 is 0. The first kappa shape index (κ1) is 13.7. The molecule has 0 atom stereocenters.